The Hall–Kier alpha value is -16.1. The van der Waals surface area contributed by atoms with Crippen LogP contribution in [0.25, 0.3) is 32.3 Å². The molecular formula is C102H96O30. The molecule has 30 nitrogen and oxygen atoms in total. The molecule has 0 aromatic heterocycles. The van der Waals surface area contributed by atoms with Gasteiger partial charge in [-0.25, -0.2) is 57.5 Å². The smallest absolute Gasteiger partial charge is 0.343 e. The van der Waals surface area contributed by atoms with Crippen molar-refractivity contribution in [3.05, 3.63) is 291 Å². The highest BCUT2D eigenvalue weighted by molar-refractivity contribution is 6.27. The first-order chi connectivity index (χ1) is 64.1. The molecule has 0 aliphatic heterocycles. The van der Waals surface area contributed by atoms with E-state index < -0.39 is 71.6 Å². The Morgan fingerprint density at radius 2 is 0.303 bits per heavy atom. The van der Waals surface area contributed by atoms with Gasteiger partial charge in [-0.15, -0.1) is 0 Å². The number of carbonyl (C=O) groups is 12. The summed E-state index contributed by atoms with van der Waals surface area (Å²) in [6.07, 6.45) is 12.2. The van der Waals surface area contributed by atoms with Gasteiger partial charge in [0.05, 0.1) is 113 Å². The van der Waals surface area contributed by atoms with E-state index in [4.69, 9.17) is 85.3 Å². The Morgan fingerprint density at radius 1 is 0.182 bits per heavy atom. The second-order valence-electron chi connectivity index (χ2n) is 28.6. The first-order valence-corrected chi connectivity index (χ1v) is 42.1. The van der Waals surface area contributed by atoms with Gasteiger partial charge >= 0.3 is 71.6 Å². The molecule has 10 aromatic carbocycles. The third kappa shape index (κ3) is 30.6. The van der Waals surface area contributed by atoms with E-state index in [0.717, 1.165) is 36.5 Å². The van der Waals surface area contributed by atoms with E-state index in [1.54, 1.807) is 0 Å². The van der Waals surface area contributed by atoms with Crippen LogP contribution in [0.15, 0.2) is 258 Å². The largest absolute Gasteiger partial charge is 0.494 e. The Bertz CT molecular complexity index is 4850. The number of benzene rings is 10. The fraction of sp³-hybridized carbons (Fsp3) is 0.235. The minimum Gasteiger partial charge on any atom is -0.494 e. The summed E-state index contributed by atoms with van der Waals surface area (Å²) in [6.45, 7) is 22.6. The normalized spacial score (nSPS) is 10.6. The van der Waals surface area contributed by atoms with Crippen LogP contribution in [0.2, 0.25) is 0 Å². The van der Waals surface area contributed by atoms with E-state index in [1.165, 1.54) is 182 Å². The number of hydrogen-bond acceptors (Lipinski definition) is 30. The van der Waals surface area contributed by atoms with E-state index in [0.29, 0.717) is 112 Å². The van der Waals surface area contributed by atoms with Gasteiger partial charge in [-0.05, 0) is 291 Å². The van der Waals surface area contributed by atoms with Crippen LogP contribution in [0.3, 0.4) is 0 Å². The van der Waals surface area contributed by atoms with Gasteiger partial charge in [-0.1, -0.05) is 39.5 Å². The van der Waals surface area contributed by atoms with Crippen molar-refractivity contribution >= 4 is 104 Å². The third-order valence-electron chi connectivity index (χ3n) is 19.2. The van der Waals surface area contributed by atoms with Crippen LogP contribution in [-0.4, -0.2) is 151 Å². The zero-order valence-corrected chi connectivity index (χ0v) is 72.2. The standard InChI is InChI=1S/C102H96O30/c1-7-91(103)121-55-19-13-49-115-73-37-25-67(26-38-73)97(109)127-85-61-79-80(62-86(85)128-98(110)68-27-39-74(40-28-68)116-50-14-20-56-122-92(104)8-2)82-64-88(130-100(112)70-31-43-76(44-32-70)118-52-16-22-58-124-94(106)10-4)90(132-102(114)72-35-47-78(48-36-72)120-54-18-24-60-126-96(108)12-6)66-84(82)83-65-89(131-101(113)71-33-45-77(46-34-71)119-53-17-23-59-125-95(107)11-5)87(63-81(79)83)129-99(111)69-29-41-75(42-30-69)117-51-15-21-57-123-93(105)9-3/h7-12,25-48,61-66H,1-6,13-24,49-60H2. The van der Waals surface area contributed by atoms with E-state index >= 15 is 0 Å². The lowest BCUT2D eigenvalue weighted by atomic mass is 9.93. The fourth-order valence-electron chi connectivity index (χ4n) is 12.3. The zero-order chi connectivity index (χ0) is 93.9. The van der Waals surface area contributed by atoms with Crippen molar-refractivity contribution in [2.75, 3.05) is 79.3 Å². The molecule has 0 radical (unpaired) electrons. The van der Waals surface area contributed by atoms with Crippen molar-refractivity contribution < 1.29 is 143 Å². The second kappa shape index (κ2) is 51.6. The van der Waals surface area contributed by atoms with Crippen molar-refractivity contribution in [3.63, 3.8) is 0 Å². The molecule has 0 unspecified atom stereocenters. The minimum atomic E-state index is -0.977. The number of hydrogen-bond donors (Lipinski definition) is 0. The number of rotatable bonds is 54. The fourth-order valence-corrected chi connectivity index (χ4v) is 12.3. The van der Waals surface area contributed by atoms with E-state index in [1.807, 2.05) is 0 Å². The first-order valence-electron chi connectivity index (χ1n) is 42.1. The van der Waals surface area contributed by atoms with Crippen molar-refractivity contribution in [1.82, 2.24) is 0 Å². The maximum absolute atomic E-state index is 14.9. The Morgan fingerprint density at radius 3 is 0.424 bits per heavy atom. The molecule has 0 atom stereocenters. The molecule has 0 saturated carbocycles. The minimum absolute atomic E-state index is 0.0160. The molecule has 0 fully saturated rings. The van der Waals surface area contributed by atoms with E-state index in [-0.39, 0.29) is 179 Å². The molecule has 0 N–H and O–H groups in total. The van der Waals surface area contributed by atoms with Crippen molar-refractivity contribution in [3.8, 4) is 69.0 Å². The molecule has 0 bridgehead atoms. The lowest BCUT2D eigenvalue weighted by Crippen LogP contribution is -2.14. The van der Waals surface area contributed by atoms with Crippen LogP contribution in [0.1, 0.15) is 139 Å². The summed E-state index contributed by atoms with van der Waals surface area (Å²) in [6, 6.07) is 43.8. The van der Waals surface area contributed by atoms with Crippen molar-refractivity contribution in [1.29, 1.82) is 0 Å². The Kier molecular flexibility index (Phi) is 38.3. The summed E-state index contributed by atoms with van der Waals surface area (Å²) >= 11 is 0. The SMILES string of the molecule is C=CC(=O)OCCCCOc1ccc(C(=O)Oc2cc3c4cc(OC(=O)c5ccc(OCCCCOC(=O)C=C)cc5)c(OC(=O)c5ccc(OCCCCOC(=O)C=C)cc5)cc4c4cc(OC(=O)c5ccc(OCCCCOC(=O)C=C)cc5)c(OC(=O)c5ccc(OCCCCOC(=O)C=C)cc5)cc4c3cc2OC(=O)c2ccc(OCCCCOC(=O)C=C)cc2)cc1. The number of carbonyl (C=O) groups excluding carboxylic acids is 12. The van der Waals surface area contributed by atoms with Gasteiger partial charge in [0.1, 0.15) is 34.5 Å². The number of ether oxygens (including phenoxy) is 18. The topological polar surface area (TPSA) is 371 Å². The van der Waals surface area contributed by atoms with E-state index in [2.05, 4.69) is 39.5 Å². The predicted molar refractivity (Wildman–Crippen MR) is 483 cm³/mol. The monoisotopic (exact) mass is 1800 g/mol. The van der Waals surface area contributed by atoms with Crippen LogP contribution in [0, 0.1) is 0 Å². The van der Waals surface area contributed by atoms with Gasteiger partial charge < -0.3 is 85.3 Å². The van der Waals surface area contributed by atoms with Crippen LogP contribution in [0.4, 0.5) is 0 Å². The van der Waals surface area contributed by atoms with Crippen LogP contribution >= 0.6 is 0 Å². The molecule has 10 rings (SSSR count). The second-order valence-corrected chi connectivity index (χ2v) is 28.6. The molecule has 132 heavy (non-hydrogen) atoms. The average molecular weight is 1800 g/mol. The molecule has 684 valence electrons. The number of unbranched alkanes of at least 4 members (excludes halogenated alkanes) is 6. The molecule has 0 aliphatic rings. The highest BCUT2D eigenvalue weighted by atomic mass is 16.6. The van der Waals surface area contributed by atoms with Crippen LogP contribution < -0.4 is 56.8 Å². The number of fused-ring (bicyclic) bond motifs is 6. The predicted octanol–water partition coefficient (Wildman–Crippen LogP) is 17.8. The molecular weight excluding hydrogens is 1710 g/mol. The third-order valence-corrected chi connectivity index (χ3v) is 19.2. The maximum Gasteiger partial charge on any atom is 0.343 e. The zero-order valence-electron chi connectivity index (χ0n) is 72.2. The molecule has 0 saturated heterocycles. The lowest BCUT2D eigenvalue weighted by Gasteiger charge is -2.19. The molecule has 0 amide bonds. The summed E-state index contributed by atoms with van der Waals surface area (Å²) in [5.41, 5.74) is -0.0958. The first kappa shape index (κ1) is 98.0. The van der Waals surface area contributed by atoms with Crippen LogP contribution in [-0.2, 0) is 57.2 Å². The lowest BCUT2D eigenvalue weighted by molar-refractivity contribution is -0.138. The molecule has 0 heterocycles. The molecule has 0 aliphatic carbocycles. The highest BCUT2D eigenvalue weighted by Crippen LogP contribution is 2.48. The van der Waals surface area contributed by atoms with Gasteiger partial charge in [0.15, 0.2) is 34.5 Å². The molecule has 10 aromatic rings. The Labute approximate surface area is 759 Å². The van der Waals surface area contributed by atoms with Crippen LogP contribution in [0.5, 0.6) is 69.0 Å². The van der Waals surface area contributed by atoms with Crippen molar-refractivity contribution in [2.24, 2.45) is 0 Å². The molecule has 0 spiro atoms. The summed E-state index contributed by atoms with van der Waals surface area (Å²) in [5, 5.41) is 0.757. The Balaban J connectivity index is 1.13. The maximum atomic E-state index is 14.9. The van der Waals surface area contributed by atoms with Gasteiger partial charge in [0.2, 0.25) is 0 Å². The van der Waals surface area contributed by atoms with Gasteiger partial charge in [-0.3, -0.25) is 0 Å². The highest BCUT2D eigenvalue weighted by Gasteiger charge is 2.28. The summed E-state index contributed by atoms with van der Waals surface area (Å²) in [5.74, 6) is -9.32. The van der Waals surface area contributed by atoms with E-state index in [9.17, 15) is 57.5 Å². The summed E-state index contributed by atoms with van der Waals surface area (Å²) in [4.78, 5) is 159. The summed E-state index contributed by atoms with van der Waals surface area (Å²) in [7, 11) is 0. The summed E-state index contributed by atoms with van der Waals surface area (Å²) < 4.78 is 104. The van der Waals surface area contributed by atoms with Gasteiger partial charge in [-0.2, -0.15) is 0 Å². The average Bonchev–Trinajstić information content (AvgIpc) is 0.721. The van der Waals surface area contributed by atoms with Gasteiger partial charge in [0, 0.05) is 36.5 Å². The number of esters is 12. The quantitative estimate of drug-likeness (QED) is 0.00853. The molecule has 30 heteroatoms. The van der Waals surface area contributed by atoms with Crippen molar-refractivity contribution in [2.45, 2.75) is 77.0 Å². The van der Waals surface area contributed by atoms with Gasteiger partial charge in [0.25, 0.3) is 0 Å².